The third-order valence-corrected chi connectivity index (χ3v) is 4.08. The number of hydrogen-bond acceptors (Lipinski definition) is 4. The molecule has 0 aliphatic rings. The second-order valence-corrected chi connectivity index (χ2v) is 6.03. The molecule has 3 rings (SSSR count). The minimum atomic E-state index is 0.0916. The van der Waals surface area contributed by atoms with Crippen molar-refractivity contribution in [3.63, 3.8) is 0 Å². The first-order valence-electron chi connectivity index (χ1n) is 7.78. The number of ether oxygens (including phenoxy) is 1. The largest absolute Gasteiger partial charge is 0.496 e. The predicted octanol–water partition coefficient (Wildman–Crippen LogP) is 2.99. The van der Waals surface area contributed by atoms with Crippen molar-refractivity contribution in [1.29, 1.82) is 0 Å². The van der Waals surface area contributed by atoms with Crippen LogP contribution < -0.4 is 4.74 Å². The van der Waals surface area contributed by atoms with Gasteiger partial charge in [-0.2, -0.15) is 0 Å². The van der Waals surface area contributed by atoms with Gasteiger partial charge in [-0.15, -0.1) is 0 Å². The Hall–Kier alpha value is -2.08. The topological polar surface area (TPSA) is 50.0 Å². The van der Waals surface area contributed by atoms with Crippen LogP contribution in [0.15, 0.2) is 48.8 Å². The minimum Gasteiger partial charge on any atom is -0.496 e. The van der Waals surface area contributed by atoms with E-state index in [1.54, 1.807) is 7.11 Å². The summed E-state index contributed by atoms with van der Waals surface area (Å²) in [5, 5.41) is 10.1. The quantitative estimate of drug-likeness (QED) is 0.715. The molecule has 3 aromatic rings. The van der Waals surface area contributed by atoms with Gasteiger partial charge in [0.2, 0.25) is 0 Å². The molecule has 126 valence electrons. The first-order valence-corrected chi connectivity index (χ1v) is 8.15. The van der Waals surface area contributed by atoms with Crippen LogP contribution in [0.3, 0.4) is 0 Å². The molecule has 1 N–H and O–H groups in total. The van der Waals surface area contributed by atoms with Gasteiger partial charge in [0.25, 0.3) is 0 Å². The molecule has 2 aromatic heterocycles. The lowest BCUT2D eigenvalue weighted by atomic mass is 10.2. The fourth-order valence-electron chi connectivity index (χ4n) is 2.75. The van der Waals surface area contributed by atoms with Gasteiger partial charge in [0.15, 0.2) is 0 Å². The summed E-state index contributed by atoms with van der Waals surface area (Å²) in [5.74, 6) is 0.849. The molecule has 6 heteroatoms. The number of hydrogen-bond donors (Lipinski definition) is 1. The van der Waals surface area contributed by atoms with E-state index in [-0.39, 0.29) is 6.61 Å². The van der Waals surface area contributed by atoms with E-state index in [1.807, 2.05) is 53.2 Å². The van der Waals surface area contributed by atoms with Crippen molar-refractivity contribution >= 4 is 17.2 Å². The number of nitrogens with zero attached hydrogens (tertiary/aromatic N) is 3. The Bertz CT molecular complexity index is 819. The van der Waals surface area contributed by atoms with Gasteiger partial charge >= 0.3 is 0 Å². The van der Waals surface area contributed by atoms with Crippen LogP contribution in [0.2, 0.25) is 5.02 Å². The fraction of sp³-hybridized carbons (Fsp3) is 0.278. The number of fused-ring (bicyclic) bond motifs is 1. The maximum atomic E-state index is 9.38. The highest BCUT2D eigenvalue weighted by Crippen LogP contribution is 2.20. The number of benzene rings is 1. The third-order valence-electron chi connectivity index (χ3n) is 3.85. The zero-order chi connectivity index (χ0) is 16.9. The zero-order valence-electron chi connectivity index (χ0n) is 13.5. The molecule has 0 aliphatic heterocycles. The molecule has 0 unspecified atom stereocenters. The van der Waals surface area contributed by atoms with E-state index in [0.29, 0.717) is 24.7 Å². The number of aliphatic hydroxyl groups excluding tert-OH is 1. The van der Waals surface area contributed by atoms with Gasteiger partial charge < -0.3 is 14.2 Å². The van der Waals surface area contributed by atoms with Crippen molar-refractivity contribution in [3.05, 3.63) is 65.1 Å². The molecular formula is C18H20ClN3O2. The highest BCUT2D eigenvalue weighted by Gasteiger charge is 2.12. The van der Waals surface area contributed by atoms with Gasteiger partial charge in [-0.25, -0.2) is 4.98 Å². The van der Waals surface area contributed by atoms with Crippen LogP contribution in [0, 0.1) is 0 Å². The molecule has 0 saturated heterocycles. The summed E-state index contributed by atoms with van der Waals surface area (Å²) in [6.45, 7) is 1.97. The number of imidazole rings is 1. The van der Waals surface area contributed by atoms with Gasteiger partial charge in [0.1, 0.15) is 11.4 Å². The lowest BCUT2D eigenvalue weighted by Crippen LogP contribution is -2.26. The third kappa shape index (κ3) is 3.87. The average Bonchev–Trinajstić information content (AvgIpc) is 2.97. The number of aromatic nitrogens is 2. The van der Waals surface area contributed by atoms with Crippen LogP contribution in [-0.2, 0) is 13.1 Å². The normalized spacial score (nSPS) is 11.3. The summed E-state index contributed by atoms with van der Waals surface area (Å²) in [4.78, 5) is 6.75. The molecule has 1 aromatic carbocycles. The van der Waals surface area contributed by atoms with E-state index in [9.17, 15) is 5.11 Å². The van der Waals surface area contributed by atoms with Crippen molar-refractivity contribution in [2.24, 2.45) is 0 Å². The molecule has 0 bridgehead atoms. The molecule has 0 radical (unpaired) electrons. The maximum Gasteiger partial charge on any atom is 0.137 e. The van der Waals surface area contributed by atoms with Crippen LogP contribution in [0.5, 0.6) is 5.75 Å². The second kappa shape index (κ2) is 7.66. The molecular weight excluding hydrogens is 326 g/mol. The highest BCUT2D eigenvalue weighted by molar-refractivity contribution is 6.30. The molecule has 0 fully saturated rings. The van der Waals surface area contributed by atoms with Crippen LogP contribution in [0.4, 0.5) is 0 Å². The summed E-state index contributed by atoms with van der Waals surface area (Å²) in [5.41, 5.74) is 2.87. The average molecular weight is 346 g/mol. The Kier molecular flexibility index (Phi) is 5.35. The number of methoxy groups -OCH3 is 1. The molecule has 0 amide bonds. The van der Waals surface area contributed by atoms with E-state index in [1.165, 1.54) is 0 Å². The first kappa shape index (κ1) is 16.8. The van der Waals surface area contributed by atoms with Crippen molar-refractivity contribution in [3.8, 4) is 5.75 Å². The second-order valence-electron chi connectivity index (χ2n) is 5.59. The van der Waals surface area contributed by atoms with Crippen LogP contribution in [0.25, 0.3) is 5.65 Å². The number of pyridine rings is 1. The monoisotopic (exact) mass is 345 g/mol. The summed E-state index contributed by atoms with van der Waals surface area (Å²) in [7, 11) is 1.67. The Morgan fingerprint density at radius 3 is 2.79 bits per heavy atom. The Morgan fingerprint density at radius 1 is 1.17 bits per heavy atom. The van der Waals surface area contributed by atoms with E-state index in [4.69, 9.17) is 16.3 Å². The van der Waals surface area contributed by atoms with Crippen molar-refractivity contribution in [2.75, 3.05) is 20.3 Å². The van der Waals surface area contributed by atoms with Crippen LogP contribution >= 0.6 is 11.6 Å². The number of rotatable bonds is 7. The molecule has 5 nitrogen and oxygen atoms in total. The van der Waals surface area contributed by atoms with Gasteiger partial charge in [-0.05, 0) is 18.2 Å². The number of aliphatic hydroxyl groups is 1. The summed E-state index contributed by atoms with van der Waals surface area (Å²) < 4.78 is 7.33. The van der Waals surface area contributed by atoms with Gasteiger partial charge in [-0.3, -0.25) is 4.90 Å². The van der Waals surface area contributed by atoms with Crippen LogP contribution in [-0.4, -0.2) is 39.7 Å². The summed E-state index contributed by atoms with van der Waals surface area (Å²) in [6.07, 6.45) is 3.80. The molecule has 0 spiro atoms. The van der Waals surface area contributed by atoms with E-state index in [0.717, 1.165) is 22.7 Å². The Balaban J connectivity index is 1.79. The minimum absolute atomic E-state index is 0.0916. The van der Waals surface area contributed by atoms with Gasteiger partial charge in [0.05, 0.1) is 24.4 Å². The number of halogens is 1. The zero-order valence-corrected chi connectivity index (χ0v) is 14.3. The van der Waals surface area contributed by atoms with E-state index < -0.39 is 0 Å². The van der Waals surface area contributed by atoms with Gasteiger partial charge in [-0.1, -0.05) is 29.8 Å². The predicted molar refractivity (Wildman–Crippen MR) is 94.4 cm³/mol. The van der Waals surface area contributed by atoms with Crippen molar-refractivity contribution in [1.82, 2.24) is 14.3 Å². The molecule has 0 aliphatic carbocycles. The maximum absolute atomic E-state index is 9.38. The lowest BCUT2D eigenvalue weighted by Gasteiger charge is -2.21. The summed E-state index contributed by atoms with van der Waals surface area (Å²) >= 11 is 6.02. The molecule has 24 heavy (non-hydrogen) atoms. The number of para-hydroxylation sites is 1. The fourth-order valence-corrected chi connectivity index (χ4v) is 2.92. The molecule has 0 saturated carbocycles. The SMILES string of the molecule is COc1ccccc1CN(CCO)Cc1cn2cc(Cl)ccc2n1. The Labute approximate surface area is 146 Å². The van der Waals surface area contributed by atoms with E-state index in [2.05, 4.69) is 9.88 Å². The molecule has 0 atom stereocenters. The van der Waals surface area contributed by atoms with Gasteiger partial charge in [0, 0.05) is 37.6 Å². The van der Waals surface area contributed by atoms with E-state index >= 15 is 0 Å². The lowest BCUT2D eigenvalue weighted by molar-refractivity contribution is 0.181. The Morgan fingerprint density at radius 2 is 2.00 bits per heavy atom. The van der Waals surface area contributed by atoms with Crippen molar-refractivity contribution < 1.29 is 9.84 Å². The van der Waals surface area contributed by atoms with Crippen LogP contribution in [0.1, 0.15) is 11.3 Å². The van der Waals surface area contributed by atoms with Crippen molar-refractivity contribution in [2.45, 2.75) is 13.1 Å². The molecule has 2 heterocycles. The smallest absolute Gasteiger partial charge is 0.137 e. The first-order chi connectivity index (χ1) is 11.7. The summed E-state index contributed by atoms with van der Waals surface area (Å²) in [6, 6.07) is 11.6. The standard InChI is InChI=1S/C18H20ClN3O2/c1-24-17-5-3-2-4-14(17)10-21(8-9-23)12-16-13-22-11-15(19)6-7-18(22)20-16/h2-7,11,13,23H,8-10,12H2,1H3. The highest BCUT2D eigenvalue weighted by atomic mass is 35.5.